The van der Waals surface area contributed by atoms with Crippen LogP contribution in [0.4, 0.5) is 0 Å². The van der Waals surface area contributed by atoms with Crippen LogP contribution in [0.25, 0.3) is 11.0 Å². The monoisotopic (exact) mass is 225 g/mol. The summed E-state index contributed by atoms with van der Waals surface area (Å²) >= 11 is 0. The van der Waals surface area contributed by atoms with Crippen LogP contribution in [-0.2, 0) is 0 Å². The molecule has 1 aromatic carbocycles. The van der Waals surface area contributed by atoms with Gasteiger partial charge in [-0.15, -0.1) is 6.42 Å². The number of nitrogens with zero attached hydrogens (tertiary/aromatic N) is 2. The minimum absolute atomic E-state index is 0.427. The highest BCUT2D eigenvalue weighted by Gasteiger charge is 2.25. The number of aromatic nitrogens is 2. The molecule has 1 aliphatic rings. The van der Waals surface area contributed by atoms with Crippen molar-refractivity contribution in [1.82, 2.24) is 14.9 Å². The summed E-state index contributed by atoms with van der Waals surface area (Å²) in [5.74, 6) is 3.71. The Balaban J connectivity index is 2.04. The Morgan fingerprint density at radius 2 is 2.41 bits per heavy atom. The predicted molar refractivity (Wildman–Crippen MR) is 68.6 cm³/mol. The number of imidazole rings is 1. The minimum atomic E-state index is 0.427. The Hall–Kier alpha value is -1.79. The molecule has 0 aliphatic carbocycles. The molecule has 17 heavy (non-hydrogen) atoms. The first-order valence-corrected chi connectivity index (χ1v) is 5.94. The lowest BCUT2D eigenvalue weighted by molar-refractivity contribution is 0.307. The number of terminal acetylenes is 1. The second-order valence-electron chi connectivity index (χ2n) is 4.64. The molecule has 3 heteroatoms. The summed E-state index contributed by atoms with van der Waals surface area (Å²) in [5.41, 5.74) is 2.93. The maximum absolute atomic E-state index is 5.40. The minimum Gasteiger partial charge on any atom is -0.341 e. The molecule has 3 nitrogen and oxygen atoms in total. The Kier molecular flexibility index (Phi) is 2.38. The average molecular weight is 225 g/mol. The number of benzene rings is 1. The molecular formula is C14H15N3. The Labute approximate surface area is 101 Å². The summed E-state index contributed by atoms with van der Waals surface area (Å²) in [6.07, 6.45) is 7.82. The van der Waals surface area contributed by atoms with Crippen molar-refractivity contribution in [2.24, 2.45) is 0 Å². The first-order valence-electron chi connectivity index (χ1n) is 5.94. The number of nitrogens with one attached hydrogen (secondary N) is 1. The number of rotatable bonds is 1. The molecule has 1 aromatic heterocycles. The van der Waals surface area contributed by atoms with E-state index in [4.69, 9.17) is 6.42 Å². The number of fused-ring (bicyclic) bond motifs is 1. The molecule has 1 unspecified atom stereocenters. The summed E-state index contributed by atoms with van der Waals surface area (Å²) in [6, 6.07) is 6.34. The van der Waals surface area contributed by atoms with Gasteiger partial charge >= 0.3 is 0 Å². The first kappa shape index (κ1) is 10.4. The van der Waals surface area contributed by atoms with Crippen molar-refractivity contribution in [3.05, 3.63) is 29.6 Å². The van der Waals surface area contributed by atoms with E-state index in [1.165, 1.54) is 12.8 Å². The third kappa shape index (κ3) is 1.71. The highest BCUT2D eigenvalue weighted by Crippen LogP contribution is 2.29. The quantitative estimate of drug-likeness (QED) is 0.755. The molecule has 86 valence electrons. The van der Waals surface area contributed by atoms with Crippen LogP contribution < -0.4 is 0 Å². The molecule has 1 atom stereocenters. The molecule has 0 spiro atoms. The molecular weight excluding hydrogens is 210 g/mol. The molecule has 0 amide bonds. The number of H-pyrrole nitrogens is 1. The van der Waals surface area contributed by atoms with Crippen LogP contribution >= 0.6 is 0 Å². The highest BCUT2D eigenvalue weighted by molar-refractivity contribution is 5.77. The fraction of sp³-hybridized carbons (Fsp3) is 0.357. The molecule has 1 fully saturated rings. The van der Waals surface area contributed by atoms with Crippen molar-refractivity contribution in [2.75, 3.05) is 13.6 Å². The van der Waals surface area contributed by atoms with Gasteiger partial charge in [-0.25, -0.2) is 4.98 Å². The van der Waals surface area contributed by atoms with Gasteiger partial charge in [0, 0.05) is 5.56 Å². The molecule has 0 bridgehead atoms. The van der Waals surface area contributed by atoms with Crippen molar-refractivity contribution in [2.45, 2.75) is 18.9 Å². The number of likely N-dealkylation sites (tertiary alicyclic amines) is 1. The van der Waals surface area contributed by atoms with E-state index in [0.29, 0.717) is 6.04 Å². The molecule has 0 radical (unpaired) electrons. The Morgan fingerprint density at radius 3 is 3.12 bits per heavy atom. The SMILES string of the molecule is C#Cc1ccc2nc(C3CCCN3C)[nH]c2c1. The van der Waals surface area contributed by atoms with E-state index >= 15 is 0 Å². The van der Waals surface area contributed by atoms with Crippen molar-refractivity contribution in [3.8, 4) is 12.3 Å². The van der Waals surface area contributed by atoms with E-state index in [1.54, 1.807) is 0 Å². The van der Waals surface area contributed by atoms with Crippen LogP contribution in [0, 0.1) is 12.3 Å². The molecule has 2 aromatic rings. The van der Waals surface area contributed by atoms with E-state index in [9.17, 15) is 0 Å². The van der Waals surface area contributed by atoms with Gasteiger partial charge in [-0.1, -0.05) is 5.92 Å². The van der Waals surface area contributed by atoms with E-state index in [0.717, 1.165) is 29.0 Å². The van der Waals surface area contributed by atoms with Gasteiger partial charge in [-0.05, 0) is 44.6 Å². The summed E-state index contributed by atoms with van der Waals surface area (Å²) in [5, 5.41) is 0. The second kappa shape index (κ2) is 3.90. The van der Waals surface area contributed by atoms with E-state index in [2.05, 4.69) is 27.8 Å². The fourth-order valence-electron chi connectivity index (χ4n) is 2.53. The van der Waals surface area contributed by atoms with Crippen LogP contribution in [0.15, 0.2) is 18.2 Å². The van der Waals surface area contributed by atoms with Crippen LogP contribution in [0.5, 0.6) is 0 Å². The second-order valence-corrected chi connectivity index (χ2v) is 4.64. The van der Waals surface area contributed by atoms with Gasteiger partial charge in [0.15, 0.2) is 0 Å². The van der Waals surface area contributed by atoms with E-state index < -0.39 is 0 Å². The van der Waals surface area contributed by atoms with Gasteiger partial charge in [0.05, 0.1) is 17.1 Å². The van der Waals surface area contributed by atoms with Crippen molar-refractivity contribution in [3.63, 3.8) is 0 Å². The van der Waals surface area contributed by atoms with E-state index in [1.807, 2.05) is 18.2 Å². The summed E-state index contributed by atoms with van der Waals surface area (Å²) < 4.78 is 0. The van der Waals surface area contributed by atoms with Gasteiger partial charge < -0.3 is 4.98 Å². The lowest BCUT2D eigenvalue weighted by Crippen LogP contribution is -2.18. The summed E-state index contributed by atoms with van der Waals surface area (Å²) in [4.78, 5) is 10.4. The summed E-state index contributed by atoms with van der Waals surface area (Å²) in [7, 11) is 2.15. The number of hydrogen-bond donors (Lipinski definition) is 1. The third-order valence-corrected chi connectivity index (χ3v) is 3.50. The third-order valence-electron chi connectivity index (χ3n) is 3.50. The average Bonchev–Trinajstić information content (AvgIpc) is 2.93. The number of aromatic amines is 1. The Morgan fingerprint density at radius 1 is 1.53 bits per heavy atom. The highest BCUT2D eigenvalue weighted by atomic mass is 15.2. The van der Waals surface area contributed by atoms with Crippen LogP contribution in [0.2, 0.25) is 0 Å². The maximum atomic E-state index is 5.40. The zero-order chi connectivity index (χ0) is 11.8. The van der Waals surface area contributed by atoms with Crippen molar-refractivity contribution >= 4 is 11.0 Å². The number of hydrogen-bond acceptors (Lipinski definition) is 2. The lowest BCUT2D eigenvalue weighted by Gasteiger charge is -2.16. The molecule has 0 saturated carbocycles. The molecule has 2 heterocycles. The molecule has 1 N–H and O–H groups in total. The fourth-order valence-corrected chi connectivity index (χ4v) is 2.53. The molecule has 1 aliphatic heterocycles. The van der Waals surface area contributed by atoms with Gasteiger partial charge in [-0.2, -0.15) is 0 Å². The van der Waals surface area contributed by atoms with E-state index in [-0.39, 0.29) is 0 Å². The smallest absolute Gasteiger partial charge is 0.124 e. The zero-order valence-electron chi connectivity index (χ0n) is 9.90. The topological polar surface area (TPSA) is 31.9 Å². The van der Waals surface area contributed by atoms with Gasteiger partial charge in [-0.3, -0.25) is 4.90 Å². The normalized spacial score (nSPS) is 20.8. The van der Waals surface area contributed by atoms with Crippen molar-refractivity contribution in [1.29, 1.82) is 0 Å². The molecule has 1 saturated heterocycles. The zero-order valence-corrected chi connectivity index (χ0v) is 9.90. The van der Waals surface area contributed by atoms with Crippen molar-refractivity contribution < 1.29 is 0 Å². The van der Waals surface area contributed by atoms with Gasteiger partial charge in [0.1, 0.15) is 5.82 Å². The predicted octanol–water partition coefficient (Wildman–Crippen LogP) is 2.31. The maximum Gasteiger partial charge on any atom is 0.124 e. The summed E-state index contributed by atoms with van der Waals surface area (Å²) in [6.45, 7) is 1.15. The first-order chi connectivity index (χ1) is 8.28. The largest absolute Gasteiger partial charge is 0.341 e. The van der Waals surface area contributed by atoms with Gasteiger partial charge in [0.25, 0.3) is 0 Å². The lowest BCUT2D eigenvalue weighted by atomic mass is 10.2. The van der Waals surface area contributed by atoms with Crippen LogP contribution in [0.3, 0.4) is 0 Å². The van der Waals surface area contributed by atoms with Crippen LogP contribution in [-0.4, -0.2) is 28.5 Å². The molecule has 3 rings (SSSR count). The van der Waals surface area contributed by atoms with Gasteiger partial charge in [0.2, 0.25) is 0 Å². The van der Waals surface area contributed by atoms with Crippen LogP contribution in [0.1, 0.15) is 30.3 Å². The standard InChI is InChI=1S/C14H15N3/c1-3-10-6-7-11-12(9-10)16-14(15-11)13-5-4-8-17(13)2/h1,6-7,9,13H,4-5,8H2,2H3,(H,15,16). The Bertz CT molecular complexity index is 591.